The molecule has 1 atom stereocenters. The van der Waals surface area contributed by atoms with Crippen molar-refractivity contribution in [1.82, 2.24) is 20.1 Å². The molecule has 34 heavy (non-hydrogen) atoms. The zero-order valence-electron chi connectivity index (χ0n) is 19.6. The number of benzene rings is 1. The Morgan fingerprint density at radius 2 is 1.88 bits per heavy atom. The van der Waals surface area contributed by atoms with Crippen LogP contribution in [0.4, 0.5) is 5.82 Å². The van der Waals surface area contributed by atoms with Gasteiger partial charge in [0.15, 0.2) is 0 Å². The molecule has 1 saturated heterocycles. The van der Waals surface area contributed by atoms with Gasteiger partial charge in [0.25, 0.3) is 5.91 Å². The summed E-state index contributed by atoms with van der Waals surface area (Å²) in [6, 6.07) is 12.0. The maximum Gasteiger partial charge on any atom is 0.251 e. The van der Waals surface area contributed by atoms with E-state index < -0.39 is 6.10 Å². The molecule has 184 valence electrons. The number of aliphatic hydroxyl groups is 1. The van der Waals surface area contributed by atoms with E-state index in [1.54, 1.807) is 25.3 Å². The molecule has 1 aromatic carbocycles. The molecule has 1 fully saturated rings. The normalized spacial score (nSPS) is 17.3. The highest BCUT2D eigenvalue weighted by atomic mass is 35.5. The lowest BCUT2D eigenvalue weighted by Crippen LogP contribution is -2.42. The average molecular weight is 488 g/mol. The van der Waals surface area contributed by atoms with Crippen molar-refractivity contribution in [3.05, 3.63) is 59.3 Å². The van der Waals surface area contributed by atoms with E-state index in [9.17, 15) is 14.7 Å². The summed E-state index contributed by atoms with van der Waals surface area (Å²) in [4.78, 5) is 32.5. The lowest BCUT2D eigenvalue weighted by molar-refractivity contribution is -0.129. The summed E-state index contributed by atoms with van der Waals surface area (Å²) in [6.07, 6.45) is 3.67. The Hall–Kier alpha value is -2.68. The van der Waals surface area contributed by atoms with Crippen LogP contribution < -0.4 is 10.6 Å². The van der Waals surface area contributed by atoms with Gasteiger partial charge >= 0.3 is 0 Å². The summed E-state index contributed by atoms with van der Waals surface area (Å²) in [5.41, 5.74) is 3.19. The Morgan fingerprint density at radius 1 is 1.15 bits per heavy atom. The van der Waals surface area contributed by atoms with Crippen LogP contribution in [0.25, 0.3) is 0 Å². The Labute approximate surface area is 207 Å². The molecule has 2 aliphatic rings. The molecule has 3 N–H and O–H groups in total. The third kappa shape index (κ3) is 6.91. The number of rotatable bonds is 7. The Bertz CT molecular complexity index is 981. The molecule has 0 spiro atoms. The van der Waals surface area contributed by atoms with Crippen LogP contribution in [0.2, 0.25) is 0 Å². The number of fused-ring (bicyclic) bond motifs is 1. The maximum absolute atomic E-state index is 12.6. The number of piperidine rings is 1. The van der Waals surface area contributed by atoms with Crippen molar-refractivity contribution in [2.75, 3.05) is 38.0 Å². The van der Waals surface area contributed by atoms with Crippen LogP contribution in [0.5, 0.6) is 0 Å². The molecule has 2 aliphatic heterocycles. The number of hydrogen-bond donors (Lipinski definition) is 3. The first kappa shape index (κ1) is 25.9. The van der Waals surface area contributed by atoms with Gasteiger partial charge < -0.3 is 20.6 Å². The van der Waals surface area contributed by atoms with Gasteiger partial charge in [-0.25, -0.2) is 4.98 Å². The van der Waals surface area contributed by atoms with Gasteiger partial charge in [-0.2, -0.15) is 0 Å². The second-order valence-corrected chi connectivity index (χ2v) is 8.97. The fraction of sp³-hybridized carbons (Fsp3) is 0.480. The summed E-state index contributed by atoms with van der Waals surface area (Å²) < 4.78 is 0. The van der Waals surface area contributed by atoms with Crippen LogP contribution in [0.1, 0.15) is 41.3 Å². The Balaban J connectivity index is 0.00000324. The van der Waals surface area contributed by atoms with E-state index in [0.717, 1.165) is 45.4 Å². The Kier molecular flexibility index (Phi) is 9.27. The highest BCUT2D eigenvalue weighted by Gasteiger charge is 2.22. The molecule has 8 nitrogen and oxygen atoms in total. The molecule has 1 aromatic heterocycles. The number of nitrogens with one attached hydrogen (secondary N) is 2. The first-order valence-corrected chi connectivity index (χ1v) is 11.7. The smallest absolute Gasteiger partial charge is 0.251 e. The van der Waals surface area contributed by atoms with Gasteiger partial charge in [-0.05, 0) is 42.5 Å². The highest BCUT2D eigenvalue weighted by Crippen LogP contribution is 2.19. The predicted molar refractivity (Wildman–Crippen MR) is 134 cm³/mol. The quantitative estimate of drug-likeness (QED) is 0.553. The second kappa shape index (κ2) is 12.1. The number of carbonyl (C=O) groups is 2. The minimum Gasteiger partial charge on any atom is -0.390 e. The van der Waals surface area contributed by atoms with Crippen LogP contribution >= 0.6 is 12.4 Å². The van der Waals surface area contributed by atoms with Crippen LogP contribution in [0, 0.1) is 0 Å². The van der Waals surface area contributed by atoms with Gasteiger partial charge in [0.1, 0.15) is 5.82 Å². The number of nitrogens with zero attached hydrogens (tertiary/aromatic N) is 3. The number of carbonyl (C=O) groups excluding carboxylic acids is 2. The number of likely N-dealkylation sites (tertiary alicyclic amines) is 1. The second-order valence-electron chi connectivity index (χ2n) is 8.97. The molecular formula is C25H34ClN5O3. The van der Waals surface area contributed by atoms with E-state index in [-0.39, 0.29) is 36.8 Å². The maximum atomic E-state index is 12.6. The lowest BCUT2D eigenvalue weighted by atomic mass is 10.00. The third-order valence-corrected chi connectivity index (χ3v) is 6.49. The molecule has 3 heterocycles. The van der Waals surface area contributed by atoms with Gasteiger partial charge in [-0.15, -0.1) is 12.4 Å². The summed E-state index contributed by atoms with van der Waals surface area (Å²) in [6.45, 7) is 5.52. The molecule has 0 saturated carbocycles. The third-order valence-electron chi connectivity index (χ3n) is 6.49. The minimum atomic E-state index is -0.634. The molecule has 4 rings (SSSR count). The summed E-state index contributed by atoms with van der Waals surface area (Å²) in [5, 5.41) is 16.7. The number of aromatic nitrogens is 1. The van der Waals surface area contributed by atoms with Crippen molar-refractivity contribution in [2.45, 2.75) is 44.9 Å². The van der Waals surface area contributed by atoms with E-state index in [1.165, 1.54) is 11.1 Å². The van der Waals surface area contributed by atoms with Gasteiger partial charge in [0.05, 0.1) is 6.10 Å². The number of hydrogen-bond acceptors (Lipinski definition) is 6. The van der Waals surface area contributed by atoms with Gasteiger partial charge in [0.2, 0.25) is 5.91 Å². The monoisotopic (exact) mass is 487 g/mol. The van der Waals surface area contributed by atoms with Crippen molar-refractivity contribution in [3.8, 4) is 0 Å². The number of β-amino-alcohol motifs (C(OH)–C–C–N with tert-alkyl or cyclic N) is 1. The standard InChI is InChI=1S/C25H33N5O3.ClH/c1-18(31)30-12-8-22(9-13-30)28-24-14-20(6-10-26-24)25(33)27-15-23(32)17-29-11-7-19-4-2-3-5-21(19)16-29;/h2-6,10,14,22-23,32H,7-9,11-13,15-17H2,1H3,(H,26,28)(H,27,33);1H/t23-;/m0./s1. The van der Waals surface area contributed by atoms with E-state index >= 15 is 0 Å². The number of halogens is 1. The van der Waals surface area contributed by atoms with Crippen LogP contribution in [0.15, 0.2) is 42.6 Å². The van der Waals surface area contributed by atoms with Crippen LogP contribution in [-0.2, 0) is 17.8 Å². The molecule has 9 heteroatoms. The minimum absolute atomic E-state index is 0. The highest BCUT2D eigenvalue weighted by molar-refractivity contribution is 5.94. The number of amides is 2. The van der Waals surface area contributed by atoms with Crippen LogP contribution in [-0.4, -0.2) is 76.6 Å². The molecule has 2 aromatic rings. The molecular weight excluding hydrogens is 454 g/mol. The fourth-order valence-electron chi connectivity index (χ4n) is 4.58. The number of anilines is 1. The van der Waals surface area contributed by atoms with Crippen molar-refractivity contribution < 1.29 is 14.7 Å². The molecule has 0 bridgehead atoms. The molecule has 0 radical (unpaired) electrons. The van der Waals surface area contributed by atoms with Crippen molar-refractivity contribution >= 4 is 30.0 Å². The first-order chi connectivity index (χ1) is 16.0. The van der Waals surface area contributed by atoms with Crippen molar-refractivity contribution in [3.63, 3.8) is 0 Å². The van der Waals surface area contributed by atoms with E-state index in [4.69, 9.17) is 0 Å². The largest absolute Gasteiger partial charge is 0.390 e. The van der Waals surface area contributed by atoms with Crippen molar-refractivity contribution in [1.29, 1.82) is 0 Å². The van der Waals surface area contributed by atoms with E-state index in [0.29, 0.717) is 17.9 Å². The topological polar surface area (TPSA) is 97.8 Å². The summed E-state index contributed by atoms with van der Waals surface area (Å²) >= 11 is 0. The first-order valence-electron chi connectivity index (χ1n) is 11.7. The van der Waals surface area contributed by atoms with E-state index in [1.807, 2.05) is 11.0 Å². The van der Waals surface area contributed by atoms with Crippen LogP contribution in [0.3, 0.4) is 0 Å². The lowest BCUT2D eigenvalue weighted by Gasteiger charge is -2.32. The van der Waals surface area contributed by atoms with E-state index in [2.05, 4.69) is 38.7 Å². The number of pyridine rings is 1. The average Bonchev–Trinajstić information content (AvgIpc) is 2.83. The van der Waals surface area contributed by atoms with Gasteiger partial charge in [0, 0.05) is 64.0 Å². The number of aliphatic hydroxyl groups excluding tert-OH is 1. The molecule has 0 aliphatic carbocycles. The zero-order valence-corrected chi connectivity index (χ0v) is 20.4. The van der Waals surface area contributed by atoms with Gasteiger partial charge in [-0.3, -0.25) is 14.5 Å². The summed E-state index contributed by atoms with van der Waals surface area (Å²) in [5.74, 6) is 0.531. The fourth-order valence-corrected chi connectivity index (χ4v) is 4.58. The SMILES string of the molecule is CC(=O)N1CCC(Nc2cc(C(=O)NC[C@H](O)CN3CCc4ccccc4C3)ccn2)CC1.Cl. The van der Waals surface area contributed by atoms with Gasteiger partial charge in [-0.1, -0.05) is 24.3 Å². The molecule has 2 amide bonds. The zero-order chi connectivity index (χ0) is 23.2. The predicted octanol–water partition coefficient (Wildman–Crippen LogP) is 2.08. The summed E-state index contributed by atoms with van der Waals surface area (Å²) in [7, 11) is 0. The molecule has 0 unspecified atom stereocenters. The van der Waals surface area contributed by atoms with Crippen molar-refractivity contribution in [2.24, 2.45) is 0 Å². The Morgan fingerprint density at radius 3 is 2.62 bits per heavy atom.